The van der Waals surface area contributed by atoms with Crippen molar-refractivity contribution in [2.45, 2.75) is 52.9 Å². The minimum absolute atomic E-state index is 0.0383. The van der Waals surface area contributed by atoms with Crippen LogP contribution in [0, 0.1) is 0 Å². The van der Waals surface area contributed by atoms with E-state index >= 15 is 0 Å². The Morgan fingerprint density at radius 2 is 1.96 bits per heavy atom. The SMILES string of the molecule is COCCN(Cc1cccc(Br)c1OC(C)C)C(=O)OC(C)(C)C. The number of benzene rings is 1. The average Bonchev–Trinajstić information content (AvgIpc) is 2.44. The number of carbonyl (C=O) groups excluding carboxylic acids is 1. The van der Waals surface area contributed by atoms with Crippen LogP contribution >= 0.6 is 15.9 Å². The lowest BCUT2D eigenvalue weighted by molar-refractivity contribution is 0.0182. The van der Waals surface area contributed by atoms with E-state index in [0.717, 1.165) is 15.8 Å². The minimum Gasteiger partial charge on any atom is -0.489 e. The van der Waals surface area contributed by atoms with Crippen molar-refractivity contribution < 1.29 is 19.0 Å². The van der Waals surface area contributed by atoms with Gasteiger partial charge < -0.3 is 19.1 Å². The summed E-state index contributed by atoms with van der Waals surface area (Å²) in [5.41, 5.74) is 0.372. The highest BCUT2D eigenvalue weighted by Crippen LogP contribution is 2.31. The Morgan fingerprint density at radius 3 is 2.50 bits per heavy atom. The number of halogens is 1. The first-order valence-corrected chi connectivity index (χ1v) is 8.84. The zero-order valence-corrected chi connectivity index (χ0v) is 17.0. The molecule has 0 aromatic heterocycles. The second-order valence-electron chi connectivity index (χ2n) is 6.79. The van der Waals surface area contributed by atoms with Crippen molar-refractivity contribution in [2.24, 2.45) is 0 Å². The molecule has 0 bridgehead atoms. The lowest BCUT2D eigenvalue weighted by Crippen LogP contribution is -2.38. The predicted octanol–water partition coefficient (Wildman–Crippen LogP) is 4.62. The van der Waals surface area contributed by atoms with Gasteiger partial charge in [0, 0.05) is 19.2 Å². The molecule has 1 amide bonds. The molecule has 0 aliphatic carbocycles. The highest BCUT2D eigenvalue weighted by atomic mass is 79.9. The van der Waals surface area contributed by atoms with E-state index in [1.807, 2.05) is 52.8 Å². The Morgan fingerprint density at radius 1 is 1.29 bits per heavy atom. The summed E-state index contributed by atoms with van der Waals surface area (Å²) >= 11 is 3.52. The third kappa shape index (κ3) is 7.09. The molecule has 0 N–H and O–H groups in total. The predicted molar refractivity (Wildman–Crippen MR) is 98.4 cm³/mol. The Balaban J connectivity index is 3.01. The van der Waals surface area contributed by atoms with Gasteiger partial charge >= 0.3 is 6.09 Å². The highest BCUT2D eigenvalue weighted by molar-refractivity contribution is 9.10. The van der Waals surface area contributed by atoms with Crippen molar-refractivity contribution in [3.05, 3.63) is 28.2 Å². The van der Waals surface area contributed by atoms with E-state index in [9.17, 15) is 4.79 Å². The van der Waals surface area contributed by atoms with Gasteiger partial charge in [-0.2, -0.15) is 0 Å². The average molecular weight is 402 g/mol. The Bertz CT molecular complexity index is 540. The van der Waals surface area contributed by atoms with E-state index < -0.39 is 5.60 Å². The van der Waals surface area contributed by atoms with Crippen LogP contribution in [0.3, 0.4) is 0 Å². The van der Waals surface area contributed by atoms with Crippen LogP contribution in [-0.2, 0) is 16.0 Å². The number of hydrogen-bond acceptors (Lipinski definition) is 4. The number of methoxy groups -OCH3 is 1. The minimum atomic E-state index is -0.545. The number of hydrogen-bond donors (Lipinski definition) is 0. The molecule has 1 rings (SSSR count). The summed E-state index contributed by atoms with van der Waals surface area (Å²) < 4.78 is 17.4. The largest absolute Gasteiger partial charge is 0.489 e. The van der Waals surface area contributed by atoms with Crippen LogP contribution < -0.4 is 4.74 Å². The van der Waals surface area contributed by atoms with E-state index in [1.165, 1.54) is 0 Å². The number of nitrogens with zero attached hydrogens (tertiary/aromatic N) is 1. The van der Waals surface area contributed by atoms with Gasteiger partial charge in [0.1, 0.15) is 11.4 Å². The van der Waals surface area contributed by atoms with E-state index in [1.54, 1.807) is 12.0 Å². The number of carbonyl (C=O) groups is 1. The molecule has 24 heavy (non-hydrogen) atoms. The fourth-order valence-corrected chi connectivity index (χ4v) is 2.51. The van der Waals surface area contributed by atoms with Gasteiger partial charge in [0.25, 0.3) is 0 Å². The van der Waals surface area contributed by atoms with Gasteiger partial charge in [0.2, 0.25) is 0 Å². The summed E-state index contributed by atoms with van der Waals surface area (Å²) in [5, 5.41) is 0. The second-order valence-corrected chi connectivity index (χ2v) is 7.64. The molecule has 5 nitrogen and oxygen atoms in total. The lowest BCUT2D eigenvalue weighted by Gasteiger charge is -2.28. The summed E-state index contributed by atoms with van der Waals surface area (Å²) in [6, 6.07) is 5.80. The first kappa shape index (κ1) is 20.8. The normalized spacial score (nSPS) is 11.5. The van der Waals surface area contributed by atoms with Crippen molar-refractivity contribution in [2.75, 3.05) is 20.3 Å². The molecule has 0 radical (unpaired) electrons. The lowest BCUT2D eigenvalue weighted by atomic mass is 10.2. The molecule has 0 spiro atoms. The van der Waals surface area contributed by atoms with Crippen molar-refractivity contribution in [1.82, 2.24) is 4.90 Å². The molecule has 1 aromatic rings. The van der Waals surface area contributed by atoms with Crippen LogP contribution in [0.4, 0.5) is 4.79 Å². The molecule has 0 unspecified atom stereocenters. The Kier molecular flexibility index (Phi) is 8.03. The van der Waals surface area contributed by atoms with Gasteiger partial charge in [-0.3, -0.25) is 0 Å². The van der Waals surface area contributed by atoms with E-state index in [0.29, 0.717) is 19.7 Å². The van der Waals surface area contributed by atoms with Crippen LogP contribution in [0.25, 0.3) is 0 Å². The first-order chi connectivity index (χ1) is 11.1. The van der Waals surface area contributed by atoms with Crippen LogP contribution in [0.2, 0.25) is 0 Å². The van der Waals surface area contributed by atoms with Crippen LogP contribution in [0.5, 0.6) is 5.75 Å². The van der Waals surface area contributed by atoms with Gasteiger partial charge in [-0.05, 0) is 56.6 Å². The maximum absolute atomic E-state index is 12.5. The fourth-order valence-electron chi connectivity index (χ4n) is 2.01. The number of para-hydroxylation sites is 1. The maximum Gasteiger partial charge on any atom is 0.410 e. The van der Waals surface area contributed by atoms with Gasteiger partial charge in [0.15, 0.2) is 0 Å². The molecule has 0 heterocycles. The van der Waals surface area contributed by atoms with Gasteiger partial charge in [-0.25, -0.2) is 4.79 Å². The third-order valence-corrected chi connectivity index (χ3v) is 3.60. The van der Waals surface area contributed by atoms with Gasteiger partial charge in [-0.1, -0.05) is 12.1 Å². The molecule has 0 saturated heterocycles. The molecule has 0 aliphatic rings. The molecule has 0 aliphatic heterocycles. The van der Waals surface area contributed by atoms with Gasteiger partial charge in [-0.15, -0.1) is 0 Å². The topological polar surface area (TPSA) is 48.0 Å². The monoisotopic (exact) mass is 401 g/mol. The first-order valence-electron chi connectivity index (χ1n) is 8.05. The Hall–Kier alpha value is -1.27. The summed E-state index contributed by atoms with van der Waals surface area (Å²) in [7, 11) is 1.61. The number of ether oxygens (including phenoxy) is 3. The summed E-state index contributed by atoms with van der Waals surface area (Å²) in [4.78, 5) is 14.1. The highest BCUT2D eigenvalue weighted by Gasteiger charge is 2.23. The second kappa shape index (κ2) is 9.28. The quantitative estimate of drug-likeness (QED) is 0.668. The van der Waals surface area contributed by atoms with Crippen molar-refractivity contribution in [1.29, 1.82) is 0 Å². The molecule has 0 atom stereocenters. The number of amides is 1. The van der Waals surface area contributed by atoms with Crippen LogP contribution in [0.1, 0.15) is 40.2 Å². The number of rotatable bonds is 7. The summed E-state index contributed by atoms with van der Waals surface area (Å²) in [5.74, 6) is 0.749. The zero-order valence-electron chi connectivity index (χ0n) is 15.4. The molecule has 0 fully saturated rings. The van der Waals surface area contributed by atoms with E-state index in [-0.39, 0.29) is 12.2 Å². The van der Waals surface area contributed by atoms with Crippen molar-refractivity contribution >= 4 is 22.0 Å². The van der Waals surface area contributed by atoms with Crippen molar-refractivity contribution in [3.63, 3.8) is 0 Å². The molecule has 136 valence electrons. The maximum atomic E-state index is 12.5. The summed E-state index contributed by atoms with van der Waals surface area (Å²) in [6.45, 7) is 10.8. The fraction of sp³-hybridized carbons (Fsp3) is 0.611. The van der Waals surface area contributed by atoms with Crippen molar-refractivity contribution in [3.8, 4) is 5.75 Å². The molecular formula is C18H28BrNO4. The Labute approximate surface area is 153 Å². The summed E-state index contributed by atoms with van der Waals surface area (Å²) in [6.07, 6.45) is -0.327. The van der Waals surface area contributed by atoms with E-state index in [4.69, 9.17) is 14.2 Å². The smallest absolute Gasteiger partial charge is 0.410 e. The molecule has 1 aromatic carbocycles. The van der Waals surface area contributed by atoms with Crippen LogP contribution in [0.15, 0.2) is 22.7 Å². The standard InChI is InChI=1S/C18H28BrNO4/c1-13(2)23-16-14(8-7-9-15(16)19)12-20(10-11-22-6)17(21)24-18(3,4)5/h7-9,13H,10-12H2,1-6H3. The van der Waals surface area contributed by atoms with E-state index in [2.05, 4.69) is 15.9 Å². The third-order valence-electron chi connectivity index (χ3n) is 2.98. The molecule has 0 saturated carbocycles. The van der Waals surface area contributed by atoms with Crippen LogP contribution in [-0.4, -0.2) is 43.0 Å². The van der Waals surface area contributed by atoms with Gasteiger partial charge in [0.05, 0.1) is 23.7 Å². The zero-order chi connectivity index (χ0) is 18.3. The molecule has 6 heteroatoms. The molecular weight excluding hydrogens is 374 g/mol.